The number of aromatic nitrogens is 6. The fourth-order valence-electron chi connectivity index (χ4n) is 6.77. The van der Waals surface area contributed by atoms with Gasteiger partial charge >= 0.3 is 12.9 Å². The van der Waals surface area contributed by atoms with Crippen molar-refractivity contribution >= 4 is 11.7 Å². The van der Waals surface area contributed by atoms with Crippen LogP contribution in [0.3, 0.4) is 0 Å². The Labute approximate surface area is 314 Å². The van der Waals surface area contributed by atoms with Crippen LogP contribution in [-0.4, -0.2) is 69.0 Å². The van der Waals surface area contributed by atoms with E-state index in [0.717, 1.165) is 43.6 Å². The van der Waals surface area contributed by atoms with Crippen molar-refractivity contribution in [1.82, 2.24) is 35.5 Å². The van der Waals surface area contributed by atoms with Crippen LogP contribution in [-0.2, 0) is 28.5 Å². The molecule has 7 rings (SSSR count). The van der Waals surface area contributed by atoms with Crippen LogP contribution in [0, 0.1) is 0 Å². The van der Waals surface area contributed by atoms with Crippen molar-refractivity contribution in [3.05, 3.63) is 108 Å². The molecule has 3 heterocycles. The molecule has 1 N–H and O–H groups in total. The van der Waals surface area contributed by atoms with Crippen molar-refractivity contribution in [3.8, 4) is 23.0 Å². The van der Waals surface area contributed by atoms with Crippen molar-refractivity contribution < 1.29 is 41.0 Å². The quantitative estimate of drug-likeness (QED) is 0.0933. The Hall–Kier alpha value is -5.80. The van der Waals surface area contributed by atoms with Crippen LogP contribution in [0.1, 0.15) is 84.0 Å². The Morgan fingerprint density at radius 1 is 0.727 bits per heavy atom. The first kappa shape index (κ1) is 38.9. The van der Waals surface area contributed by atoms with E-state index in [-0.39, 0.29) is 22.3 Å². The monoisotopic (exact) mass is 761 g/mol. The van der Waals surface area contributed by atoms with E-state index in [4.69, 9.17) is 13.9 Å². The minimum absolute atomic E-state index is 0.00892. The topological polar surface area (TPSA) is 155 Å². The Balaban J connectivity index is 0.000000187. The molecule has 0 unspecified atom stereocenters. The zero-order valence-electron chi connectivity index (χ0n) is 30.2. The number of halogens is 4. The first-order chi connectivity index (χ1) is 26.5. The second-order valence-corrected chi connectivity index (χ2v) is 13.5. The molecule has 288 valence electrons. The summed E-state index contributed by atoms with van der Waals surface area (Å²) in [6.45, 7) is -0.512. The fourth-order valence-corrected chi connectivity index (χ4v) is 6.77. The maximum atomic E-state index is 12.6. The van der Waals surface area contributed by atoms with E-state index >= 15 is 0 Å². The molecule has 2 saturated carbocycles. The number of amides is 1. The molecule has 12 nitrogen and oxygen atoms in total. The highest BCUT2D eigenvalue weighted by atomic mass is 19.3. The van der Waals surface area contributed by atoms with Crippen LogP contribution in [0.4, 0.5) is 17.6 Å². The number of carbonyl (C=O) groups excluding carboxylic acids is 2. The number of carbonyl (C=O) groups is 2. The maximum Gasteiger partial charge on any atom is 0.315 e. The summed E-state index contributed by atoms with van der Waals surface area (Å²) in [7, 11) is 3.28. The maximum absolute atomic E-state index is 12.6. The van der Waals surface area contributed by atoms with Gasteiger partial charge in [0.1, 0.15) is 23.1 Å². The molecule has 55 heavy (non-hydrogen) atoms. The molecule has 1 amide bonds. The summed E-state index contributed by atoms with van der Waals surface area (Å²) >= 11 is 0. The minimum Gasteiger partial charge on any atom is -0.497 e. The number of rotatable bonds is 14. The van der Waals surface area contributed by atoms with Crippen LogP contribution >= 0.6 is 0 Å². The average molecular weight is 762 g/mol. The number of ether oxygens (including phenoxy) is 2. The van der Waals surface area contributed by atoms with Gasteiger partial charge < -0.3 is 19.2 Å². The summed E-state index contributed by atoms with van der Waals surface area (Å²) < 4.78 is 64.8. The molecule has 0 radical (unpaired) electrons. The Morgan fingerprint density at radius 3 is 1.58 bits per heavy atom. The molecular formula is C39H39F4N7O5. The Bertz CT molecular complexity index is 2040. The van der Waals surface area contributed by atoms with E-state index < -0.39 is 37.0 Å². The Morgan fingerprint density at radius 2 is 1.20 bits per heavy atom. The summed E-state index contributed by atoms with van der Waals surface area (Å²) in [5.41, 5.74) is 3.05. The third-order valence-corrected chi connectivity index (χ3v) is 10.2. The van der Waals surface area contributed by atoms with Gasteiger partial charge in [-0.3, -0.25) is 9.59 Å². The van der Waals surface area contributed by atoms with Crippen molar-refractivity contribution in [2.24, 2.45) is 0 Å². The number of Topliss-reactive ketones (excluding diaryl/α,β-unsaturated/α-hetero) is 1. The predicted octanol–water partition coefficient (Wildman–Crippen LogP) is 6.85. The number of hydrogen-bond donors (Lipinski definition) is 1. The number of hydrogen-bond acceptors (Lipinski definition) is 11. The average Bonchev–Trinajstić information content (AvgIpc) is 3.69. The van der Waals surface area contributed by atoms with Gasteiger partial charge in [-0.15, -0.1) is 10.2 Å². The lowest BCUT2D eigenvalue weighted by molar-refractivity contribution is -0.131. The smallest absolute Gasteiger partial charge is 0.315 e. The number of ketones is 1. The Kier molecular flexibility index (Phi) is 12.1. The van der Waals surface area contributed by atoms with E-state index in [1.807, 2.05) is 29.6 Å². The van der Waals surface area contributed by atoms with Crippen LogP contribution in [0.2, 0.25) is 0 Å². The first-order valence-electron chi connectivity index (χ1n) is 17.6. The zero-order valence-corrected chi connectivity index (χ0v) is 30.2. The zero-order chi connectivity index (χ0) is 39.0. The van der Waals surface area contributed by atoms with E-state index in [9.17, 15) is 27.2 Å². The molecule has 2 fully saturated rings. The highest BCUT2D eigenvalue weighted by molar-refractivity contribution is 5.99. The number of methoxy groups -OCH3 is 2. The van der Waals surface area contributed by atoms with Crippen molar-refractivity contribution in [1.29, 1.82) is 0 Å². The highest BCUT2D eigenvalue weighted by Crippen LogP contribution is 2.47. The molecule has 2 aliphatic rings. The molecule has 0 bridgehead atoms. The van der Waals surface area contributed by atoms with Gasteiger partial charge in [-0.2, -0.15) is 17.6 Å². The van der Waals surface area contributed by atoms with Gasteiger partial charge in [0.05, 0.1) is 31.9 Å². The molecule has 0 atom stereocenters. The third kappa shape index (κ3) is 9.12. The summed E-state index contributed by atoms with van der Waals surface area (Å²) in [6, 6.07) is 16.1. The van der Waals surface area contributed by atoms with Crippen molar-refractivity contribution in [2.75, 3.05) is 20.8 Å². The number of benzene rings is 2. The van der Waals surface area contributed by atoms with Gasteiger partial charge in [-0.25, -0.2) is 19.9 Å². The summed E-state index contributed by atoms with van der Waals surface area (Å²) in [6.07, 6.45) is 7.74. The predicted molar refractivity (Wildman–Crippen MR) is 190 cm³/mol. The van der Waals surface area contributed by atoms with E-state index in [2.05, 4.69) is 54.4 Å². The second kappa shape index (κ2) is 17.1. The standard InChI is InChI=1S/C20H21F2N3O3.C19H18F2N4O2/c1-28-15-5-3-14(4-6-15)20(7-2-8-20)9-17-23-10-13(11-24-17)16(26)12-25-19(27)18(21)22;1-26-14-5-3-13(4-6-14)19(7-2-8-19)9-15-22-10-12(11-23-15)17-24-25-18(27-17)16(20)21/h3-6,10-11,18H,2,7-9,12H2,1H3,(H,25,27);3-6,10-11,16H,2,7-9H2,1H3. The van der Waals surface area contributed by atoms with Gasteiger partial charge in [0.2, 0.25) is 0 Å². The molecular weight excluding hydrogens is 722 g/mol. The first-order valence-corrected chi connectivity index (χ1v) is 17.6. The highest BCUT2D eigenvalue weighted by Gasteiger charge is 2.40. The van der Waals surface area contributed by atoms with Gasteiger partial charge in [0.25, 0.3) is 17.7 Å². The minimum atomic E-state index is -3.15. The van der Waals surface area contributed by atoms with Crippen LogP contribution in [0.15, 0.2) is 77.7 Å². The molecule has 0 spiro atoms. The lowest BCUT2D eigenvalue weighted by atomic mass is 9.62. The van der Waals surface area contributed by atoms with Crippen LogP contribution < -0.4 is 14.8 Å². The second-order valence-electron chi connectivity index (χ2n) is 13.5. The summed E-state index contributed by atoms with van der Waals surface area (Å²) in [5.74, 6) is 0.234. The fraction of sp³-hybridized carbons (Fsp3) is 0.385. The van der Waals surface area contributed by atoms with Crippen LogP contribution in [0.5, 0.6) is 11.5 Å². The van der Waals surface area contributed by atoms with E-state index in [0.29, 0.717) is 30.1 Å². The van der Waals surface area contributed by atoms with E-state index in [1.165, 1.54) is 42.3 Å². The summed E-state index contributed by atoms with van der Waals surface area (Å²) in [5, 5.41) is 8.81. The molecule has 2 aromatic carbocycles. The van der Waals surface area contributed by atoms with Crippen molar-refractivity contribution in [2.45, 2.75) is 75.0 Å². The van der Waals surface area contributed by atoms with Gasteiger partial charge in [-0.1, -0.05) is 37.1 Å². The van der Waals surface area contributed by atoms with Crippen molar-refractivity contribution in [3.63, 3.8) is 0 Å². The lowest BCUT2D eigenvalue weighted by Gasteiger charge is -2.42. The normalized spacial score (nSPS) is 15.3. The lowest BCUT2D eigenvalue weighted by Crippen LogP contribution is -2.37. The van der Waals surface area contributed by atoms with Crippen LogP contribution in [0.25, 0.3) is 11.5 Å². The SMILES string of the molecule is COc1ccc(C2(Cc3ncc(-c4nnc(C(F)F)o4)cn3)CCC2)cc1.COc1ccc(C2(Cc3ncc(C(=O)CNC(=O)C(F)F)cn3)CCC2)cc1. The molecule has 5 aromatic rings. The number of alkyl halides is 4. The third-order valence-electron chi connectivity index (χ3n) is 10.2. The van der Waals surface area contributed by atoms with E-state index in [1.54, 1.807) is 14.2 Å². The van der Waals surface area contributed by atoms with Gasteiger partial charge in [0.15, 0.2) is 5.78 Å². The largest absolute Gasteiger partial charge is 0.497 e. The van der Waals surface area contributed by atoms with Gasteiger partial charge in [0, 0.05) is 48.5 Å². The number of nitrogens with one attached hydrogen (secondary N) is 1. The number of nitrogens with zero attached hydrogens (tertiary/aromatic N) is 6. The molecule has 16 heteroatoms. The molecule has 2 aliphatic carbocycles. The summed E-state index contributed by atoms with van der Waals surface area (Å²) in [4.78, 5) is 40.1. The molecule has 3 aromatic heterocycles. The molecule has 0 saturated heterocycles. The van der Waals surface area contributed by atoms with Gasteiger partial charge in [-0.05, 0) is 61.1 Å². The molecule has 0 aliphatic heterocycles.